The van der Waals surface area contributed by atoms with Crippen LogP contribution in [0.1, 0.15) is 34.6 Å². The van der Waals surface area contributed by atoms with E-state index in [4.69, 9.17) is 0 Å². The van der Waals surface area contributed by atoms with Gasteiger partial charge in [-0.3, -0.25) is 18.6 Å². The van der Waals surface area contributed by atoms with E-state index in [0.29, 0.717) is 16.3 Å². The molecule has 1 aromatic carbocycles. The Bertz CT molecular complexity index is 1050. The fourth-order valence-electron chi connectivity index (χ4n) is 3.41. The van der Waals surface area contributed by atoms with E-state index in [0.717, 1.165) is 5.52 Å². The molecule has 27 heavy (non-hydrogen) atoms. The maximum atomic E-state index is 13.0. The molecule has 0 spiro atoms. The predicted molar refractivity (Wildman–Crippen MR) is 108 cm³/mol. The Morgan fingerprint density at radius 1 is 1.07 bits per heavy atom. The molecule has 0 fully saturated rings. The molecule has 0 saturated carbocycles. The maximum absolute atomic E-state index is 13.0. The largest absolute Gasteiger partial charge is 0.337 e. The summed E-state index contributed by atoms with van der Waals surface area (Å²) in [7, 11) is 1.68. The minimum atomic E-state index is -0.321. The van der Waals surface area contributed by atoms with Crippen molar-refractivity contribution < 1.29 is 4.79 Å². The predicted octanol–water partition coefficient (Wildman–Crippen LogP) is 2.71. The topological polar surface area (TPSA) is 72.5 Å². The molecular formula is C19H25N5O2S. The molecule has 144 valence electrons. The van der Waals surface area contributed by atoms with Crippen molar-refractivity contribution in [3.63, 3.8) is 0 Å². The molecule has 0 saturated heterocycles. The summed E-state index contributed by atoms with van der Waals surface area (Å²) < 4.78 is 3.33. The van der Waals surface area contributed by atoms with E-state index in [1.165, 1.54) is 16.3 Å². The van der Waals surface area contributed by atoms with Crippen molar-refractivity contribution in [1.82, 2.24) is 24.1 Å². The lowest BCUT2D eigenvalue weighted by molar-refractivity contribution is -0.133. The van der Waals surface area contributed by atoms with Crippen LogP contribution in [0.2, 0.25) is 0 Å². The minimum absolute atomic E-state index is 0.0656. The summed E-state index contributed by atoms with van der Waals surface area (Å²) in [6.07, 6.45) is 0. The number of carbonyl (C=O) groups excluding carboxylic acids is 1. The molecule has 0 bridgehead atoms. The van der Waals surface area contributed by atoms with Crippen LogP contribution in [0.4, 0.5) is 0 Å². The van der Waals surface area contributed by atoms with Crippen molar-refractivity contribution in [1.29, 1.82) is 0 Å². The van der Waals surface area contributed by atoms with Gasteiger partial charge < -0.3 is 4.90 Å². The number of carbonyl (C=O) groups is 1. The Morgan fingerprint density at radius 3 is 2.33 bits per heavy atom. The van der Waals surface area contributed by atoms with Gasteiger partial charge in [-0.2, -0.15) is 0 Å². The lowest BCUT2D eigenvalue weighted by atomic mass is 10.2. The second-order valence-electron chi connectivity index (χ2n) is 7.19. The Labute approximate surface area is 162 Å². The Hall–Kier alpha value is -2.35. The van der Waals surface area contributed by atoms with E-state index < -0.39 is 0 Å². The van der Waals surface area contributed by atoms with Crippen LogP contribution < -0.4 is 5.56 Å². The van der Waals surface area contributed by atoms with Gasteiger partial charge in [0.25, 0.3) is 5.56 Å². The summed E-state index contributed by atoms with van der Waals surface area (Å²) in [6, 6.07) is 7.62. The molecule has 0 N–H and O–H groups in total. The van der Waals surface area contributed by atoms with Gasteiger partial charge in [0.1, 0.15) is 0 Å². The third-order valence-corrected chi connectivity index (χ3v) is 5.62. The molecular weight excluding hydrogens is 362 g/mol. The van der Waals surface area contributed by atoms with Crippen LogP contribution in [0.5, 0.6) is 0 Å². The highest BCUT2D eigenvalue weighted by Crippen LogP contribution is 2.26. The summed E-state index contributed by atoms with van der Waals surface area (Å²) >= 11 is 1.36. The number of benzene rings is 1. The first-order valence-electron chi connectivity index (χ1n) is 9.05. The molecule has 1 amide bonds. The number of hydrogen-bond donors (Lipinski definition) is 0. The fraction of sp³-hybridized carbons (Fsp3) is 0.474. The lowest BCUT2D eigenvalue weighted by Crippen LogP contribution is -2.45. The average molecular weight is 388 g/mol. The van der Waals surface area contributed by atoms with Crippen LogP contribution in [-0.2, 0) is 11.8 Å². The molecule has 0 aliphatic rings. The molecule has 8 heteroatoms. The van der Waals surface area contributed by atoms with E-state index in [9.17, 15) is 9.59 Å². The molecule has 0 aliphatic heterocycles. The van der Waals surface area contributed by atoms with Gasteiger partial charge in [-0.15, -0.1) is 10.2 Å². The summed E-state index contributed by atoms with van der Waals surface area (Å²) in [6.45, 7) is 9.96. The Kier molecular flexibility index (Phi) is 5.28. The second-order valence-corrected chi connectivity index (χ2v) is 8.50. The number of rotatable bonds is 5. The summed E-state index contributed by atoms with van der Waals surface area (Å²) in [5.74, 6) is 0.529. The van der Waals surface area contributed by atoms with E-state index in [2.05, 4.69) is 10.2 Å². The van der Waals surface area contributed by atoms with Crippen molar-refractivity contribution >= 4 is 34.3 Å². The Balaban J connectivity index is 2.06. The van der Waals surface area contributed by atoms with Gasteiger partial charge in [-0.05, 0) is 46.8 Å². The van der Waals surface area contributed by atoms with Crippen molar-refractivity contribution in [2.45, 2.75) is 57.1 Å². The normalized spacial score (nSPS) is 13.0. The van der Waals surface area contributed by atoms with Gasteiger partial charge in [-0.25, -0.2) is 0 Å². The fourth-order valence-corrected chi connectivity index (χ4v) is 4.32. The zero-order chi connectivity index (χ0) is 19.9. The van der Waals surface area contributed by atoms with Gasteiger partial charge in [0.2, 0.25) is 11.7 Å². The van der Waals surface area contributed by atoms with Crippen LogP contribution in [0.15, 0.2) is 34.2 Å². The number of hydrogen-bond acceptors (Lipinski definition) is 5. The first kappa shape index (κ1) is 19.4. The molecule has 0 aliphatic carbocycles. The van der Waals surface area contributed by atoms with Crippen LogP contribution in [0, 0.1) is 0 Å². The highest BCUT2D eigenvalue weighted by atomic mass is 32.2. The average Bonchev–Trinajstić information content (AvgIpc) is 3.02. The van der Waals surface area contributed by atoms with Crippen molar-refractivity contribution in [2.75, 3.05) is 0 Å². The Morgan fingerprint density at radius 2 is 1.70 bits per heavy atom. The van der Waals surface area contributed by atoms with Gasteiger partial charge in [0.15, 0.2) is 5.16 Å². The van der Waals surface area contributed by atoms with E-state index >= 15 is 0 Å². The smallest absolute Gasteiger partial charge is 0.262 e. The van der Waals surface area contributed by atoms with Gasteiger partial charge in [0.05, 0.1) is 16.2 Å². The third kappa shape index (κ3) is 3.34. The number of nitrogens with zero attached hydrogens (tertiary/aromatic N) is 5. The SMILES string of the molecule is CC(Sc1nnc2n(C)c(=O)c3ccccc3n12)C(=O)N(C(C)C)C(C)C. The molecule has 3 aromatic rings. The number of amides is 1. The number of fused-ring (bicyclic) bond motifs is 3. The van der Waals surface area contributed by atoms with E-state index in [1.54, 1.807) is 13.1 Å². The third-order valence-electron chi connectivity index (χ3n) is 4.59. The van der Waals surface area contributed by atoms with E-state index in [1.807, 2.05) is 62.1 Å². The van der Waals surface area contributed by atoms with Crippen LogP contribution >= 0.6 is 11.8 Å². The minimum Gasteiger partial charge on any atom is -0.337 e. The molecule has 7 nitrogen and oxygen atoms in total. The standard InChI is InChI=1S/C19H25N5O2S/c1-11(2)23(12(3)4)16(25)13(5)27-19-21-20-18-22(6)17(26)14-9-7-8-10-15(14)24(18)19/h7-13H,1-6H3. The molecule has 0 radical (unpaired) electrons. The molecule has 1 atom stereocenters. The zero-order valence-corrected chi connectivity index (χ0v) is 17.3. The van der Waals surface area contributed by atoms with Gasteiger partial charge >= 0.3 is 0 Å². The lowest BCUT2D eigenvalue weighted by Gasteiger charge is -2.32. The second kappa shape index (κ2) is 7.34. The maximum Gasteiger partial charge on any atom is 0.262 e. The van der Waals surface area contributed by atoms with Crippen LogP contribution in [-0.4, -0.2) is 47.3 Å². The molecule has 3 rings (SSSR count). The molecule has 2 heterocycles. The molecule has 1 unspecified atom stereocenters. The summed E-state index contributed by atoms with van der Waals surface area (Å²) in [5, 5.41) is 9.33. The number of aromatic nitrogens is 4. The first-order valence-corrected chi connectivity index (χ1v) is 9.93. The zero-order valence-electron chi connectivity index (χ0n) is 16.5. The van der Waals surface area contributed by atoms with Crippen LogP contribution in [0.25, 0.3) is 16.7 Å². The van der Waals surface area contributed by atoms with Gasteiger partial charge in [0, 0.05) is 19.1 Å². The number of para-hydroxylation sites is 1. The van der Waals surface area contributed by atoms with Crippen LogP contribution in [0.3, 0.4) is 0 Å². The quantitative estimate of drug-likeness (QED) is 0.630. The highest BCUT2D eigenvalue weighted by molar-refractivity contribution is 8.00. The van der Waals surface area contributed by atoms with Gasteiger partial charge in [-0.1, -0.05) is 23.9 Å². The number of aryl methyl sites for hydroxylation is 1. The monoisotopic (exact) mass is 387 g/mol. The van der Waals surface area contributed by atoms with Crippen molar-refractivity contribution in [3.05, 3.63) is 34.6 Å². The highest BCUT2D eigenvalue weighted by Gasteiger charge is 2.27. The first-order chi connectivity index (χ1) is 12.7. The van der Waals surface area contributed by atoms with E-state index in [-0.39, 0.29) is 28.8 Å². The summed E-state index contributed by atoms with van der Waals surface area (Å²) in [4.78, 5) is 27.4. The molecule has 2 aromatic heterocycles. The van der Waals surface area contributed by atoms with Crippen molar-refractivity contribution in [2.24, 2.45) is 7.05 Å². The summed E-state index contributed by atoms with van der Waals surface area (Å²) in [5.41, 5.74) is 0.629. The number of thioether (sulfide) groups is 1. The van der Waals surface area contributed by atoms with Crippen molar-refractivity contribution in [3.8, 4) is 0 Å².